The normalized spacial score (nSPS) is 14.6. The molecule has 4 nitrogen and oxygen atoms in total. The third-order valence-corrected chi connectivity index (χ3v) is 3.18. The van der Waals surface area contributed by atoms with Crippen LogP contribution < -0.4 is 11.3 Å². The zero-order valence-corrected chi connectivity index (χ0v) is 11.1. The molecule has 0 aliphatic rings. The molecule has 1 aromatic heterocycles. The van der Waals surface area contributed by atoms with Crippen LogP contribution in [0, 0.1) is 0 Å². The van der Waals surface area contributed by atoms with Gasteiger partial charge in [0.2, 0.25) is 0 Å². The van der Waals surface area contributed by atoms with Crippen LogP contribution in [-0.4, -0.2) is 24.2 Å². The maximum Gasteiger partial charge on any atom is 0.0740 e. The first kappa shape index (κ1) is 14.4. The Kier molecular flexibility index (Phi) is 6.44. The fraction of sp³-hybridized carbons (Fsp3) is 0.583. The number of nitrogens with two attached hydrogens (primary N) is 1. The van der Waals surface area contributed by atoms with Gasteiger partial charge in [0.05, 0.1) is 17.2 Å². The number of hydrazine groups is 1. The van der Waals surface area contributed by atoms with Gasteiger partial charge in [0.25, 0.3) is 0 Å². The highest BCUT2D eigenvalue weighted by Gasteiger charge is 2.20. The summed E-state index contributed by atoms with van der Waals surface area (Å²) in [5, 5.41) is 0.666. The Morgan fingerprint density at radius 1 is 1.59 bits per heavy atom. The SMILES string of the molecule is CCCC(OC)C(Cc1ccncc1Cl)NN. The van der Waals surface area contributed by atoms with Gasteiger partial charge in [-0.2, -0.15) is 0 Å². The Hall–Kier alpha value is -0.680. The summed E-state index contributed by atoms with van der Waals surface area (Å²) in [6, 6.07) is 1.96. The van der Waals surface area contributed by atoms with Crippen LogP contribution in [0.3, 0.4) is 0 Å². The second-order valence-corrected chi connectivity index (χ2v) is 4.41. The molecule has 1 aromatic rings. The molecule has 0 amide bonds. The van der Waals surface area contributed by atoms with Crippen LogP contribution in [-0.2, 0) is 11.2 Å². The van der Waals surface area contributed by atoms with Gasteiger partial charge in [-0.15, -0.1) is 0 Å². The number of rotatable bonds is 7. The zero-order valence-electron chi connectivity index (χ0n) is 10.3. The van der Waals surface area contributed by atoms with E-state index >= 15 is 0 Å². The molecule has 0 bridgehead atoms. The van der Waals surface area contributed by atoms with Gasteiger partial charge in [-0.05, 0) is 24.5 Å². The van der Waals surface area contributed by atoms with Crippen molar-refractivity contribution >= 4 is 11.6 Å². The van der Waals surface area contributed by atoms with Crippen LogP contribution in [0.4, 0.5) is 0 Å². The molecule has 0 fully saturated rings. The summed E-state index contributed by atoms with van der Waals surface area (Å²) < 4.78 is 5.45. The smallest absolute Gasteiger partial charge is 0.0740 e. The van der Waals surface area contributed by atoms with Crippen molar-refractivity contribution in [2.45, 2.75) is 38.3 Å². The lowest BCUT2D eigenvalue weighted by Crippen LogP contribution is -2.46. The van der Waals surface area contributed by atoms with Gasteiger partial charge in [0.1, 0.15) is 0 Å². The number of nitrogens with one attached hydrogen (secondary N) is 1. The number of aromatic nitrogens is 1. The van der Waals surface area contributed by atoms with Gasteiger partial charge >= 0.3 is 0 Å². The third kappa shape index (κ3) is 4.24. The first-order chi connectivity index (χ1) is 8.22. The lowest BCUT2D eigenvalue weighted by atomic mass is 9.99. The van der Waals surface area contributed by atoms with Crippen LogP contribution in [0.5, 0.6) is 0 Å². The minimum Gasteiger partial charge on any atom is -0.380 e. The van der Waals surface area contributed by atoms with Crippen molar-refractivity contribution in [2.75, 3.05) is 7.11 Å². The summed E-state index contributed by atoms with van der Waals surface area (Å²) in [5.41, 5.74) is 3.84. The van der Waals surface area contributed by atoms with Crippen LogP contribution in [0.15, 0.2) is 18.5 Å². The molecule has 1 heterocycles. The summed E-state index contributed by atoms with van der Waals surface area (Å²) in [6.07, 6.45) is 6.22. The average Bonchev–Trinajstić information content (AvgIpc) is 2.35. The van der Waals surface area contributed by atoms with E-state index in [2.05, 4.69) is 17.3 Å². The molecule has 17 heavy (non-hydrogen) atoms. The highest BCUT2D eigenvalue weighted by molar-refractivity contribution is 6.31. The number of methoxy groups -OCH3 is 1. The molecule has 2 atom stereocenters. The van der Waals surface area contributed by atoms with E-state index in [4.69, 9.17) is 22.2 Å². The number of hydrogen-bond donors (Lipinski definition) is 2. The first-order valence-corrected chi connectivity index (χ1v) is 6.18. The highest BCUT2D eigenvalue weighted by Crippen LogP contribution is 2.18. The maximum atomic E-state index is 6.08. The molecule has 0 aliphatic carbocycles. The molecule has 0 saturated heterocycles. The van der Waals surface area contributed by atoms with Gasteiger partial charge in [0, 0.05) is 19.5 Å². The van der Waals surface area contributed by atoms with Crippen molar-refractivity contribution in [1.29, 1.82) is 0 Å². The van der Waals surface area contributed by atoms with Crippen molar-refractivity contribution in [3.05, 3.63) is 29.0 Å². The third-order valence-electron chi connectivity index (χ3n) is 2.84. The standard InChI is InChI=1S/C12H20ClN3O/c1-3-4-12(17-2)11(16-14)7-9-5-6-15-8-10(9)13/h5-6,8,11-12,16H,3-4,7,14H2,1-2H3. The van der Waals surface area contributed by atoms with E-state index in [0.29, 0.717) is 5.02 Å². The molecule has 2 unspecified atom stereocenters. The molecule has 3 N–H and O–H groups in total. The summed E-state index contributed by atoms with van der Waals surface area (Å²) in [6.45, 7) is 2.12. The second kappa shape index (κ2) is 7.61. The van der Waals surface area contributed by atoms with E-state index in [1.165, 1.54) is 0 Å². The number of ether oxygens (including phenoxy) is 1. The predicted octanol–water partition coefficient (Wildman–Crippen LogP) is 1.92. The predicted molar refractivity (Wildman–Crippen MR) is 69.8 cm³/mol. The van der Waals surface area contributed by atoms with Crippen molar-refractivity contribution in [2.24, 2.45) is 5.84 Å². The Bertz CT molecular complexity index is 335. The van der Waals surface area contributed by atoms with Crippen LogP contribution in [0.1, 0.15) is 25.3 Å². The molecule has 1 rings (SSSR count). The monoisotopic (exact) mass is 257 g/mol. The van der Waals surface area contributed by atoms with E-state index in [9.17, 15) is 0 Å². The van der Waals surface area contributed by atoms with Gasteiger partial charge in [0.15, 0.2) is 0 Å². The van der Waals surface area contributed by atoms with Crippen molar-refractivity contribution < 1.29 is 4.74 Å². The average molecular weight is 258 g/mol. The molecule has 5 heteroatoms. The van der Waals surface area contributed by atoms with E-state index in [0.717, 1.165) is 24.8 Å². The fourth-order valence-electron chi connectivity index (χ4n) is 1.87. The van der Waals surface area contributed by atoms with Gasteiger partial charge in [-0.3, -0.25) is 16.3 Å². The Morgan fingerprint density at radius 3 is 2.88 bits per heavy atom. The largest absolute Gasteiger partial charge is 0.380 e. The van der Waals surface area contributed by atoms with E-state index in [-0.39, 0.29) is 12.1 Å². The summed E-state index contributed by atoms with van der Waals surface area (Å²) in [5.74, 6) is 5.59. The molecular formula is C12H20ClN3O. The molecule has 0 aromatic carbocycles. The number of halogens is 1. The quantitative estimate of drug-likeness (QED) is 0.579. The van der Waals surface area contributed by atoms with E-state index in [1.807, 2.05) is 6.07 Å². The minimum atomic E-state index is 0.0554. The minimum absolute atomic E-state index is 0.0554. The van der Waals surface area contributed by atoms with Gasteiger partial charge in [-0.1, -0.05) is 24.9 Å². The van der Waals surface area contributed by atoms with E-state index < -0.39 is 0 Å². The Balaban J connectivity index is 2.72. The lowest BCUT2D eigenvalue weighted by Gasteiger charge is -2.25. The first-order valence-electron chi connectivity index (χ1n) is 5.80. The Labute approximate surface area is 107 Å². The fourth-order valence-corrected chi connectivity index (χ4v) is 2.07. The van der Waals surface area contributed by atoms with Crippen LogP contribution in [0.25, 0.3) is 0 Å². The van der Waals surface area contributed by atoms with E-state index in [1.54, 1.807) is 19.5 Å². The lowest BCUT2D eigenvalue weighted by molar-refractivity contribution is 0.0609. The number of pyridine rings is 1. The van der Waals surface area contributed by atoms with Crippen LogP contribution >= 0.6 is 11.6 Å². The molecular weight excluding hydrogens is 238 g/mol. The van der Waals surface area contributed by atoms with Gasteiger partial charge < -0.3 is 4.74 Å². The highest BCUT2D eigenvalue weighted by atomic mass is 35.5. The summed E-state index contributed by atoms with van der Waals surface area (Å²) in [7, 11) is 1.71. The molecule has 0 aliphatic heterocycles. The zero-order chi connectivity index (χ0) is 12.7. The topological polar surface area (TPSA) is 60.2 Å². The maximum absolute atomic E-state index is 6.08. The Morgan fingerprint density at radius 2 is 2.35 bits per heavy atom. The molecule has 0 radical (unpaired) electrons. The van der Waals surface area contributed by atoms with Crippen molar-refractivity contribution in [1.82, 2.24) is 10.4 Å². The molecule has 0 spiro atoms. The van der Waals surface area contributed by atoms with Crippen molar-refractivity contribution in [3.63, 3.8) is 0 Å². The second-order valence-electron chi connectivity index (χ2n) is 4.01. The number of nitrogens with zero attached hydrogens (tertiary/aromatic N) is 1. The number of hydrogen-bond acceptors (Lipinski definition) is 4. The summed E-state index contributed by atoms with van der Waals surface area (Å²) >= 11 is 6.08. The molecule has 0 saturated carbocycles. The molecule has 96 valence electrons. The summed E-state index contributed by atoms with van der Waals surface area (Å²) in [4.78, 5) is 3.96. The van der Waals surface area contributed by atoms with Crippen molar-refractivity contribution in [3.8, 4) is 0 Å². The van der Waals surface area contributed by atoms with Gasteiger partial charge in [-0.25, -0.2) is 0 Å². The van der Waals surface area contributed by atoms with Crippen LogP contribution in [0.2, 0.25) is 5.02 Å².